The molecule has 0 saturated carbocycles. The number of nitrogens with one attached hydrogen (secondary N) is 1. The number of nitrogens with zero attached hydrogens (tertiary/aromatic N) is 3. The molecule has 0 amide bonds. The van der Waals surface area contributed by atoms with Gasteiger partial charge in [0.25, 0.3) is 0 Å². The number of alkyl halides is 2. The van der Waals surface area contributed by atoms with Crippen molar-refractivity contribution in [1.29, 1.82) is 0 Å². The molecule has 0 unspecified atom stereocenters. The smallest absolute Gasteiger partial charge is 0.306 e. The number of halogens is 2. The molecule has 0 atom stereocenters. The van der Waals surface area contributed by atoms with Crippen LogP contribution in [0.4, 0.5) is 20.3 Å². The summed E-state index contributed by atoms with van der Waals surface area (Å²) in [5.41, 5.74) is 1.08. The number of hydrogen-bond acceptors (Lipinski definition) is 5. The Morgan fingerprint density at radius 3 is 2.73 bits per heavy atom. The van der Waals surface area contributed by atoms with Gasteiger partial charge < -0.3 is 10.1 Å². The largest absolute Gasteiger partial charge is 0.490 e. The summed E-state index contributed by atoms with van der Waals surface area (Å²) < 4.78 is 33.0. The number of rotatable bonds is 6. The molecule has 0 aromatic carbocycles. The minimum Gasteiger partial charge on any atom is -0.490 e. The van der Waals surface area contributed by atoms with Crippen LogP contribution in [-0.4, -0.2) is 21.6 Å². The summed E-state index contributed by atoms with van der Waals surface area (Å²) in [5, 5.41) is 2.99. The first-order valence-corrected chi connectivity index (χ1v) is 7.04. The number of aromatic nitrogens is 3. The van der Waals surface area contributed by atoms with Gasteiger partial charge in [-0.05, 0) is 19.9 Å². The zero-order valence-corrected chi connectivity index (χ0v) is 12.7. The van der Waals surface area contributed by atoms with Gasteiger partial charge in [-0.2, -0.15) is 8.78 Å². The van der Waals surface area contributed by atoms with Crippen LogP contribution in [0.1, 0.15) is 31.8 Å². The molecule has 2 aromatic heterocycles. The van der Waals surface area contributed by atoms with E-state index in [0.29, 0.717) is 29.6 Å². The summed E-state index contributed by atoms with van der Waals surface area (Å²) in [6.45, 7) is 5.38. The molecule has 0 spiro atoms. The molecular weight excluding hydrogens is 290 g/mol. The maximum absolute atomic E-state index is 13.8. The van der Waals surface area contributed by atoms with Crippen LogP contribution >= 0.6 is 0 Å². The van der Waals surface area contributed by atoms with Crippen molar-refractivity contribution >= 4 is 11.5 Å². The van der Waals surface area contributed by atoms with Crippen LogP contribution in [0, 0.1) is 6.92 Å². The van der Waals surface area contributed by atoms with Crippen LogP contribution < -0.4 is 10.1 Å². The number of hydrogen-bond donors (Lipinski definition) is 1. The lowest BCUT2D eigenvalue weighted by Crippen LogP contribution is -2.17. The summed E-state index contributed by atoms with van der Waals surface area (Å²) in [6.07, 6.45) is 2.79. The SMILES string of the molecule is CCOc1cnccc1Nc1cc(C)nc(C(F)(F)CC)n1. The van der Waals surface area contributed by atoms with Gasteiger partial charge in [0.05, 0.1) is 18.5 Å². The van der Waals surface area contributed by atoms with Crippen molar-refractivity contribution < 1.29 is 13.5 Å². The van der Waals surface area contributed by atoms with Crippen LogP contribution in [0.2, 0.25) is 0 Å². The summed E-state index contributed by atoms with van der Waals surface area (Å²) in [4.78, 5) is 11.7. The van der Waals surface area contributed by atoms with Crippen LogP contribution in [0.5, 0.6) is 5.75 Å². The fourth-order valence-electron chi connectivity index (χ4n) is 1.85. The Kier molecular flexibility index (Phi) is 4.85. The Balaban J connectivity index is 2.34. The van der Waals surface area contributed by atoms with Crippen molar-refractivity contribution in [2.24, 2.45) is 0 Å². The maximum atomic E-state index is 13.8. The van der Waals surface area contributed by atoms with Gasteiger partial charge in [0.15, 0.2) is 5.75 Å². The van der Waals surface area contributed by atoms with Crippen LogP contribution in [0.25, 0.3) is 0 Å². The Hall–Kier alpha value is -2.31. The van der Waals surface area contributed by atoms with Crippen LogP contribution in [-0.2, 0) is 5.92 Å². The standard InChI is InChI=1S/C15H18F2N4O/c1-4-15(16,17)14-19-10(3)8-13(21-14)20-11-6-7-18-9-12(11)22-5-2/h6-9H,4-5H2,1-3H3,(H,18,19,20,21). The second-order valence-corrected chi connectivity index (χ2v) is 4.71. The summed E-state index contributed by atoms with van der Waals surface area (Å²) in [7, 11) is 0. The topological polar surface area (TPSA) is 59.9 Å². The predicted octanol–water partition coefficient (Wildman–Crippen LogP) is 3.82. The number of aryl methyl sites for hydroxylation is 1. The molecule has 0 fully saturated rings. The average Bonchev–Trinajstić information content (AvgIpc) is 2.49. The van der Waals surface area contributed by atoms with Crippen molar-refractivity contribution in [1.82, 2.24) is 15.0 Å². The summed E-state index contributed by atoms with van der Waals surface area (Å²) in [6, 6.07) is 3.30. The number of anilines is 2. The summed E-state index contributed by atoms with van der Waals surface area (Å²) in [5.74, 6) is -2.71. The Bertz CT molecular complexity index is 649. The van der Waals surface area contributed by atoms with Gasteiger partial charge in [-0.25, -0.2) is 9.97 Å². The molecule has 1 N–H and O–H groups in total. The third-order valence-corrected chi connectivity index (χ3v) is 2.97. The van der Waals surface area contributed by atoms with Crippen LogP contribution in [0.3, 0.4) is 0 Å². The normalized spacial score (nSPS) is 11.3. The third kappa shape index (κ3) is 3.66. The lowest BCUT2D eigenvalue weighted by molar-refractivity contribution is -0.0176. The van der Waals surface area contributed by atoms with Crippen molar-refractivity contribution in [3.8, 4) is 5.75 Å². The predicted molar refractivity (Wildman–Crippen MR) is 79.6 cm³/mol. The van der Waals surface area contributed by atoms with Gasteiger partial charge in [0, 0.05) is 24.4 Å². The second kappa shape index (κ2) is 6.64. The Morgan fingerprint density at radius 1 is 1.27 bits per heavy atom. The molecule has 2 heterocycles. The number of pyridine rings is 1. The molecule has 0 aliphatic heterocycles. The molecule has 5 nitrogen and oxygen atoms in total. The molecular formula is C15H18F2N4O. The summed E-state index contributed by atoms with van der Waals surface area (Å²) >= 11 is 0. The van der Waals surface area contributed by atoms with E-state index in [2.05, 4.69) is 20.3 Å². The quantitative estimate of drug-likeness (QED) is 0.879. The first-order valence-electron chi connectivity index (χ1n) is 7.04. The fourth-order valence-corrected chi connectivity index (χ4v) is 1.85. The molecule has 2 aromatic rings. The van der Waals surface area contributed by atoms with Crippen molar-refractivity contribution in [2.45, 2.75) is 33.1 Å². The van der Waals surface area contributed by atoms with Crippen LogP contribution in [0.15, 0.2) is 24.5 Å². The molecule has 0 saturated heterocycles. The lowest BCUT2D eigenvalue weighted by Gasteiger charge is -2.15. The van der Waals surface area contributed by atoms with Gasteiger partial charge in [-0.15, -0.1) is 0 Å². The molecule has 7 heteroatoms. The fraction of sp³-hybridized carbons (Fsp3) is 0.400. The maximum Gasteiger partial charge on any atom is 0.306 e. The highest BCUT2D eigenvalue weighted by molar-refractivity contribution is 5.63. The van der Waals surface area contributed by atoms with Crippen molar-refractivity contribution in [3.63, 3.8) is 0 Å². The average molecular weight is 308 g/mol. The third-order valence-electron chi connectivity index (χ3n) is 2.97. The molecule has 0 aliphatic carbocycles. The molecule has 0 bridgehead atoms. The highest BCUT2D eigenvalue weighted by atomic mass is 19.3. The minimum atomic E-state index is -3.05. The monoisotopic (exact) mass is 308 g/mol. The van der Waals surface area contributed by atoms with Crippen molar-refractivity contribution in [2.75, 3.05) is 11.9 Å². The molecule has 118 valence electrons. The second-order valence-electron chi connectivity index (χ2n) is 4.71. The van der Waals surface area contributed by atoms with Gasteiger partial charge >= 0.3 is 5.92 Å². The highest BCUT2D eigenvalue weighted by Crippen LogP contribution is 2.31. The van der Waals surface area contributed by atoms with E-state index in [4.69, 9.17) is 4.74 Å². The zero-order valence-electron chi connectivity index (χ0n) is 12.7. The lowest BCUT2D eigenvalue weighted by atomic mass is 10.2. The number of ether oxygens (including phenoxy) is 1. The van der Waals surface area contributed by atoms with E-state index in [0.717, 1.165) is 0 Å². The van der Waals surface area contributed by atoms with Gasteiger partial charge in [0.1, 0.15) is 5.82 Å². The van der Waals surface area contributed by atoms with Gasteiger partial charge in [-0.3, -0.25) is 4.98 Å². The van der Waals surface area contributed by atoms with Gasteiger partial charge in [0.2, 0.25) is 5.82 Å². The molecule has 22 heavy (non-hydrogen) atoms. The first-order chi connectivity index (χ1) is 10.5. The molecule has 0 aliphatic rings. The highest BCUT2D eigenvalue weighted by Gasteiger charge is 2.33. The van der Waals surface area contributed by atoms with Gasteiger partial charge in [-0.1, -0.05) is 6.92 Å². The Labute approximate surface area is 127 Å². The zero-order chi connectivity index (χ0) is 16.2. The van der Waals surface area contributed by atoms with E-state index in [1.165, 1.54) is 6.92 Å². The first kappa shape index (κ1) is 16.1. The van der Waals surface area contributed by atoms with E-state index in [1.807, 2.05) is 6.92 Å². The van der Waals surface area contributed by atoms with E-state index in [1.54, 1.807) is 31.5 Å². The van der Waals surface area contributed by atoms with E-state index in [-0.39, 0.29) is 6.42 Å². The van der Waals surface area contributed by atoms with E-state index < -0.39 is 11.7 Å². The van der Waals surface area contributed by atoms with Crippen molar-refractivity contribution in [3.05, 3.63) is 36.0 Å². The van der Waals surface area contributed by atoms with E-state index >= 15 is 0 Å². The van der Waals surface area contributed by atoms with E-state index in [9.17, 15) is 8.78 Å². The minimum absolute atomic E-state index is 0.294. The molecule has 2 rings (SSSR count). The molecule has 0 radical (unpaired) electrons. The Morgan fingerprint density at radius 2 is 2.05 bits per heavy atom.